The standard InChI is InChI=1S/C21H20N2O4S/c1-2-26-21(25)17-14-10-6-7-11-16(14)28-19(17)22-12-15-20(24)27-18(23-15)13-8-4-3-5-9-13/h3-5,8-9,12,24H,2,6-7,10-11H2,1H3/b22-12-. The molecular weight excluding hydrogens is 376 g/mol. The Balaban J connectivity index is 1.68. The summed E-state index contributed by atoms with van der Waals surface area (Å²) in [6.45, 7) is 2.11. The van der Waals surface area contributed by atoms with Crippen molar-refractivity contribution < 1.29 is 19.1 Å². The van der Waals surface area contributed by atoms with E-state index in [-0.39, 0.29) is 17.6 Å². The summed E-state index contributed by atoms with van der Waals surface area (Å²) in [7, 11) is 0. The second-order valence-corrected chi connectivity index (χ2v) is 7.53. The van der Waals surface area contributed by atoms with Crippen LogP contribution in [0.3, 0.4) is 0 Å². The molecule has 28 heavy (non-hydrogen) atoms. The van der Waals surface area contributed by atoms with Crippen LogP contribution in [-0.2, 0) is 17.6 Å². The molecule has 0 atom stereocenters. The number of aromatic nitrogens is 1. The Morgan fingerprint density at radius 3 is 2.89 bits per heavy atom. The first-order chi connectivity index (χ1) is 13.7. The number of aliphatic imine (C=N–C) groups is 1. The van der Waals surface area contributed by atoms with Crippen molar-refractivity contribution in [2.45, 2.75) is 32.6 Å². The first-order valence-corrected chi connectivity index (χ1v) is 10.1. The first kappa shape index (κ1) is 18.4. The molecule has 0 bridgehead atoms. The number of oxazole rings is 1. The van der Waals surface area contributed by atoms with Gasteiger partial charge in [0.2, 0.25) is 5.89 Å². The molecule has 144 valence electrons. The van der Waals surface area contributed by atoms with Crippen molar-refractivity contribution in [1.29, 1.82) is 0 Å². The smallest absolute Gasteiger partial charge is 0.341 e. The minimum atomic E-state index is -0.344. The maximum Gasteiger partial charge on any atom is 0.341 e. The molecule has 0 unspecified atom stereocenters. The quantitative estimate of drug-likeness (QED) is 0.489. The summed E-state index contributed by atoms with van der Waals surface area (Å²) in [5.41, 5.74) is 2.58. The summed E-state index contributed by atoms with van der Waals surface area (Å²) in [6, 6.07) is 9.32. The van der Waals surface area contributed by atoms with Crippen LogP contribution in [-0.4, -0.2) is 28.9 Å². The van der Waals surface area contributed by atoms with Crippen LogP contribution >= 0.6 is 11.3 Å². The van der Waals surface area contributed by atoms with E-state index in [2.05, 4.69) is 9.98 Å². The normalized spacial score (nSPS) is 13.6. The van der Waals surface area contributed by atoms with E-state index in [0.29, 0.717) is 23.1 Å². The van der Waals surface area contributed by atoms with Gasteiger partial charge < -0.3 is 14.3 Å². The highest BCUT2D eigenvalue weighted by molar-refractivity contribution is 7.16. The van der Waals surface area contributed by atoms with Gasteiger partial charge in [0.15, 0.2) is 5.69 Å². The van der Waals surface area contributed by atoms with Crippen LogP contribution in [0.2, 0.25) is 0 Å². The van der Waals surface area contributed by atoms with Gasteiger partial charge >= 0.3 is 11.9 Å². The van der Waals surface area contributed by atoms with E-state index in [0.717, 1.165) is 36.8 Å². The SMILES string of the molecule is CCOC(=O)c1c(/N=C\c2nc(-c3ccccc3)oc2O)sc2c1CCCC2. The zero-order valence-corrected chi connectivity index (χ0v) is 16.3. The lowest BCUT2D eigenvalue weighted by Gasteiger charge is -2.11. The Kier molecular flexibility index (Phi) is 5.25. The molecule has 7 heteroatoms. The number of hydrogen-bond acceptors (Lipinski definition) is 7. The monoisotopic (exact) mass is 396 g/mol. The third-order valence-corrected chi connectivity index (χ3v) is 5.79. The highest BCUT2D eigenvalue weighted by atomic mass is 32.1. The molecule has 2 heterocycles. The van der Waals surface area contributed by atoms with Crippen LogP contribution in [0.4, 0.5) is 5.00 Å². The number of hydrogen-bond donors (Lipinski definition) is 1. The molecule has 0 spiro atoms. The van der Waals surface area contributed by atoms with Crippen molar-refractivity contribution in [3.8, 4) is 17.4 Å². The largest absolute Gasteiger partial charge is 0.479 e. The maximum atomic E-state index is 12.5. The molecule has 4 rings (SSSR count). The number of carbonyl (C=O) groups is 1. The average Bonchev–Trinajstić information content (AvgIpc) is 3.27. The van der Waals surface area contributed by atoms with E-state index in [1.807, 2.05) is 30.3 Å². The van der Waals surface area contributed by atoms with Gasteiger partial charge in [0, 0.05) is 10.4 Å². The van der Waals surface area contributed by atoms with Gasteiger partial charge in [-0.1, -0.05) is 18.2 Å². The predicted molar refractivity (Wildman–Crippen MR) is 108 cm³/mol. The number of thiophene rings is 1. The van der Waals surface area contributed by atoms with E-state index in [4.69, 9.17) is 9.15 Å². The van der Waals surface area contributed by atoms with Gasteiger partial charge in [-0.05, 0) is 50.3 Å². The molecule has 0 aliphatic heterocycles. The number of fused-ring (bicyclic) bond motifs is 1. The van der Waals surface area contributed by atoms with Crippen molar-refractivity contribution in [3.63, 3.8) is 0 Å². The average molecular weight is 396 g/mol. The number of carbonyl (C=O) groups excluding carboxylic acids is 1. The number of nitrogens with zero attached hydrogens (tertiary/aromatic N) is 2. The van der Waals surface area contributed by atoms with E-state index in [1.165, 1.54) is 22.4 Å². The molecule has 1 aliphatic carbocycles. The Morgan fingerprint density at radius 1 is 1.32 bits per heavy atom. The fourth-order valence-electron chi connectivity index (χ4n) is 3.29. The van der Waals surface area contributed by atoms with E-state index in [1.54, 1.807) is 6.92 Å². The van der Waals surface area contributed by atoms with Gasteiger partial charge in [-0.2, -0.15) is 0 Å². The summed E-state index contributed by atoms with van der Waals surface area (Å²) < 4.78 is 10.6. The number of aromatic hydroxyl groups is 1. The van der Waals surface area contributed by atoms with Gasteiger partial charge in [0.1, 0.15) is 5.00 Å². The Labute approximate surface area is 166 Å². The molecule has 0 radical (unpaired) electrons. The molecule has 2 aromatic heterocycles. The minimum absolute atomic E-state index is 0.222. The van der Waals surface area contributed by atoms with Crippen molar-refractivity contribution >= 4 is 28.5 Å². The van der Waals surface area contributed by atoms with Crippen molar-refractivity contribution in [2.75, 3.05) is 6.61 Å². The fraction of sp³-hybridized carbons (Fsp3) is 0.286. The van der Waals surface area contributed by atoms with Crippen molar-refractivity contribution in [3.05, 3.63) is 52.0 Å². The van der Waals surface area contributed by atoms with Crippen molar-refractivity contribution in [1.82, 2.24) is 4.98 Å². The predicted octanol–water partition coefficient (Wildman–Crippen LogP) is 4.91. The van der Waals surface area contributed by atoms with E-state index < -0.39 is 0 Å². The second kappa shape index (κ2) is 7.98. The second-order valence-electron chi connectivity index (χ2n) is 6.45. The van der Waals surface area contributed by atoms with Crippen LogP contribution in [0.1, 0.15) is 46.3 Å². The summed E-state index contributed by atoms with van der Waals surface area (Å²) in [6.07, 6.45) is 5.43. The Hall–Kier alpha value is -2.93. The number of ether oxygens (including phenoxy) is 1. The highest BCUT2D eigenvalue weighted by Crippen LogP contribution is 2.40. The summed E-state index contributed by atoms with van der Waals surface area (Å²) in [4.78, 5) is 22.5. The summed E-state index contributed by atoms with van der Waals surface area (Å²) in [5, 5.41) is 10.7. The van der Waals surface area contributed by atoms with Crippen molar-refractivity contribution in [2.24, 2.45) is 4.99 Å². The lowest BCUT2D eigenvalue weighted by molar-refractivity contribution is 0.0526. The van der Waals surface area contributed by atoms with Crippen LogP contribution in [0.25, 0.3) is 11.5 Å². The molecule has 6 nitrogen and oxygen atoms in total. The van der Waals surface area contributed by atoms with Crippen LogP contribution in [0.5, 0.6) is 5.95 Å². The van der Waals surface area contributed by atoms with Gasteiger partial charge in [-0.3, -0.25) is 0 Å². The summed E-state index contributed by atoms with van der Waals surface area (Å²) in [5.74, 6) is -0.333. The third-order valence-electron chi connectivity index (χ3n) is 4.59. The minimum Gasteiger partial charge on any atom is -0.479 e. The van der Waals surface area contributed by atoms with E-state index in [9.17, 15) is 9.90 Å². The lowest BCUT2D eigenvalue weighted by atomic mass is 9.95. The lowest BCUT2D eigenvalue weighted by Crippen LogP contribution is -2.09. The zero-order chi connectivity index (χ0) is 19.5. The zero-order valence-electron chi connectivity index (χ0n) is 15.5. The molecule has 1 aliphatic rings. The van der Waals surface area contributed by atoms with Gasteiger partial charge in [0.25, 0.3) is 0 Å². The maximum absolute atomic E-state index is 12.5. The molecule has 0 saturated carbocycles. The van der Waals surface area contributed by atoms with Gasteiger partial charge in [-0.15, -0.1) is 11.3 Å². The molecule has 0 amide bonds. The van der Waals surface area contributed by atoms with Gasteiger partial charge in [-0.25, -0.2) is 14.8 Å². The summed E-state index contributed by atoms with van der Waals surface area (Å²) >= 11 is 1.51. The fourth-order valence-corrected chi connectivity index (χ4v) is 4.51. The number of esters is 1. The molecule has 3 aromatic rings. The van der Waals surface area contributed by atoms with Crippen LogP contribution < -0.4 is 0 Å². The Bertz CT molecular complexity index is 1020. The first-order valence-electron chi connectivity index (χ1n) is 9.28. The Morgan fingerprint density at radius 2 is 2.11 bits per heavy atom. The van der Waals surface area contributed by atoms with Crippen LogP contribution in [0, 0.1) is 0 Å². The number of benzene rings is 1. The molecule has 1 N–H and O–H groups in total. The topological polar surface area (TPSA) is 84.9 Å². The van der Waals surface area contributed by atoms with E-state index >= 15 is 0 Å². The molecular formula is C21H20N2O4S. The number of aryl methyl sites for hydroxylation is 1. The number of rotatable bonds is 5. The molecule has 1 aromatic carbocycles. The third kappa shape index (κ3) is 3.57. The highest BCUT2D eigenvalue weighted by Gasteiger charge is 2.26. The van der Waals surface area contributed by atoms with Crippen LogP contribution in [0.15, 0.2) is 39.7 Å². The molecule has 0 fully saturated rings. The van der Waals surface area contributed by atoms with Gasteiger partial charge in [0.05, 0.1) is 18.4 Å². The molecule has 0 saturated heterocycles.